The monoisotopic (exact) mass is 325 g/mol. The van der Waals surface area contributed by atoms with Crippen molar-refractivity contribution in [2.45, 2.75) is 19.3 Å². The van der Waals surface area contributed by atoms with Gasteiger partial charge in [0, 0.05) is 30.8 Å². The van der Waals surface area contributed by atoms with Crippen molar-refractivity contribution in [2.24, 2.45) is 0 Å². The smallest absolute Gasteiger partial charge is 0.251 e. The second-order valence-corrected chi connectivity index (χ2v) is 5.54. The number of amides is 2. The van der Waals surface area contributed by atoms with Crippen LogP contribution >= 0.6 is 0 Å². The summed E-state index contributed by atoms with van der Waals surface area (Å²) in [6.45, 7) is 4.66. The molecule has 0 saturated carbocycles. The van der Waals surface area contributed by atoms with Crippen LogP contribution < -0.4 is 10.2 Å². The number of aromatic nitrogens is 3. The fourth-order valence-corrected chi connectivity index (χ4v) is 2.92. The summed E-state index contributed by atoms with van der Waals surface area (Å²) >= 11 is 0. The number of hydrogen-bond donors (Lipinski definition) is 2. The van der Waals surface area contributed by atoms with Gasteiger partial charge in [0.1, 0.15) is 12.2 Å². The number of anilines is 1. The molecule has 0 bridgehead atoms. The van der Waals surface area contributed by atoms with Gasteiger partial charge in [-0.05, 0) is 36.6 Å². The van der Waals surface area contributed by atoms with Gasteiger partial charge in [-0.3, -0.25) is 14.7 Å². The molecule has 7 heteroatoms. The number of carbonyl (C=O) groups excluding carboxylic acids is 2. The molecule has 1 aliphatic heterocycles. The van der Waals surface area contributed by atoms with E-state index in [2.05, 4.69) is 27.1 Å². The average Bonchev–Trinajstić information content (AvgIpc) is 3.13. The summed E-state index contributed by atoms with van der Waals surface area (Å²) < 4.78 is 0. The summed E-state index contributed by atoms with van der Waals surface area (Å²) in [5.74, 6) is 0.450. The largest absolute Gasteiger partial charge is 0.352 e. The van der Waals surface area contributed by atoms with Gasteiger partial charge < -0.3 is 10.2 Å². The van der Waals surface area contributed by atoms with Crippen molar-refractivity contribution < 1.29 is 9.59 Å². The van der Waals surface area contributed by atoms with E-state index in [1.165, 1.54) is 12.4 Å². The molecule has 1 aliphatic rings. The minimum atomic E-state index is -0.140. The third-order valence-electron chi connectivity index (χ3n) is 4.05. The maximum Gasteiger partial charge on any atom is 0.251 e. The lowest BCUT2D eigenvalue weighted by atomic mass is 9.95. The fraction of sp³-hybridized carbons (Fsp3) is 0.294. The van der Waals surface area contributed by atoms with Gasteiger partial charge in [0.15, 0.2) is 0 Å². The van der Waals surface area contributed by atoms with Gasteiger partial charge in [-0.15, -0.1) is 0 Å². The number of rotatable bonds is 5. The van der Waals surface area contributed by atoms with Crippen LogP contribution in [0, 0.1) is 0 Å². The van der Waals surface area contributed by atoms with E-state index in [9.17, 15) is 9.59 Å². The van der Waals surface area contributed by atoms with E-state index in [0.717, 1.165) is 29.9 Å². The lowest BCUT2D eigenvalue weighted by Gasteiger charge is -2.29. The number of nitrogens with zero attached hydrogens (tertiary/aromatic N) is 3. The molecule has 24 heavy (non-hydrogen) atoms. The highest BCUT2D eigenvalue weighted by Gasteiger charge is 2.24. The molecule has 1 aromatic heterocycles. The molecular weight excluding hydrogens is 306 g/mol. The van der Waals surface area contributed by atoms with Crippen molar-refractivity contribution in [3.8, 4) is 0 Å². The number of fused-ring (bicyclic) bond motifs is 1. The summed E-state index contributed by atoms with van der Waals surface area (Å²) in [5.41, 5.74) is 2.33. The van der Waals surface area contributed by atoms with E-state index >= 15 is 0 Å². The van der Waals surface area contributed by atoms with E-state index in [0.29, 0.717) is 25.1 Å². The summed E-state index contributed by atoms with van der Waals surface area (Å²) in [4.78, 5) is 30.2. The quantitative estimate of drug-likeness (QED) is 0.809. The van der Waals surface area contributed by atoms with Gasteiger partial charge in [0.05, 0.1) is 0 Å². The van der Waals surface area contributed by atoms with Crippen LogP contribution in [0.5, 0.6) is 0 Å². The van der Waals surface area contributed by atoms with Crippen molar-refractivity contribution in [1.82, 2.24) is 20.5 Å². The molecule has 0 aliphatic carbocycles. The van der Waals surface area contributed by atoms with Crippen molar-refractivity contribution in [3.63, 3.8) is 0 Å². The molecule has 0 saturated heterocycles. The summed E-state index contributed by atoms with van der Waals surface area (Å²) in [5, 5.41) is 9.43. The van der Waals surface area contributed by atoms with Gasteiger partial charge in [0.2, 0.25) is 5.91 Å². The van der Waals surface area contributed by atoms with Crippen LogP contribution in [0.15, 0.2) is 37.2 Å². The lowest BCUT2D eigenvalue weighted by molar-refractivity contribution is -0.114. The molecule has 2 N–H and O–H groups in total. The topological polar surface area (TPSA) is 91.0 Å². The number of carbonyl (C=O) groups is 2. The third kappa shape index (κ3) is 3.19. The minimum absolute atomic E-state index is 0.140. The molecule has 124 valence electrons. The summed E-state index contributed by atoms with van der Waals surface area (Å²) in [7, 11) is 0. The normalized spacial score (nSPS) is 13.2. The Balaban J connectivity index is 1.75. The first-order chi connectivity index (χ1) is 11.7. The number of hydrogen-bond acceptors (Lipinski definition) is 4. The molecule has 0 radical (unpaired) electrons. The molecule has 2 heterocycles. The number of aromatic amines is 1. The Bertz CT molecular complexity index is 754. The first-order valence-corrected chi connectivity index (χ1v) is 7.89. The molecular formula is C17H19N5O2. The van der Waals surface area contributed by atoms with Crippen LogP contribution in [0.2, 0.25) is 0 Å². The van der Waals surface area contributed by atoms with Crippen LogP contribution in [0.1, 0.15) is 28.2 Å². The Morgan fingerprint density at radius 3 is 3.04 bits per heavy atom. The summed E-state index contributed by atoms with van der Waals surface area (Å²) in [6.07, 6.45) is 4.94. The van der Waals surface area contributed by atoms with Gasteiger partial charge in [0.25, 0.3) is 5.91 Å². The summed E-state index contributed by atoms with van der Waals surface area (Å²) in [6, 6.07) is 5.48. The van der Waals surface area contributed by atoms with Crippen LogP contribution in [0.25, 0.3) is 0 Å². The molecule has 0 spiro atoms. The molecule has 7 nitrogen and oxygen atoms in total. The highest BCUT2D eigenvalue weighted by Crippen LogP contribution is 2.30. The Morgan fingerprint density at radius 1 is 1.42 bits per heavy atom. The predicted molar refractivity (Wildman–Crippen MR) is 89.7 cm³/mol. The third-order valence-corrected chi connectivity index (χ3v) is 4.05. The first-order valence-electron chi connectivity index (χ1n) is 7.89. The molecule has 0 unspecified atom stereocenters. The first kappa shape index (κ1) is 15.9. The van der Waals surface area contributed by atoms with E-state index in [-0.39, 0.29) is 11.8 Å². The molecule has 1 aromatic carbocycles. The maximum absolute atomic E-state index is 12.5. The number of nitrogens with one attached hydrogen (secondary N) is 2. The highest BCUT2D eigenvalue weighted by molar-refractivity contribution is 6.04. The van der Waals surface area contributed by atoms with Crippen LogP contribution in [-0.2, 0) is 17.6 Å². The van der Waals surface area contributed by atoms with Crippen LogP contribution in [-0.4, -0.2) is 40.1 Å². The van der Waals surface area contributed by atoms with Crippen LogP contribution in [0.3, 0.4) is 0 Å². The van der Waals surface area contributed by atoms with Gasteiger partial charge >= 0.3 is 0 Å². The SMILES string of the molecule is C=CC(=O)N1CCCc2c(C(=O)NCCc3ncn[nH]3)cccc21. The van der Waals surface area contributed by atoms with Gasteiger partial charge in [-0.2, -0.15) is 5.10 Å². The second kappa shape index (κ2) is 7.08. The van der Waals surface area contributed by atoms with Crippen molar-refractivity contribution in [2.75, 3.05) is 18.0 Å². The molecule has 0 atom stereocenters. The predicted octanol–water partition coefficient (Wildman–Crippen LogP) is 1.24. The standard InChI is InChI=1S/C17H19N5O2/c1-2-16(23)22-10-4-6-12-13(5-3-7-14(12)22)17(24)18-9-8-15-19-11-20-21-15/h2-3,5,7,11H,1,4,6,8-10H2,(H,18,24)(H,19,20,21). The second-order valence-electron chi connectivity index (χ2n) is 5.54. The Labute approximate surface area is 139 Å². The van der Waals surface area contributed by atoms with Gasteiger partial charge in [-0.1, -0.05) is 12.6 Å². The van der Waals surface area contributed by atoms with Crippen molar-refractivity contribution in [3.05, 3.63) is 54.1 Å². The van der Waals surface area contributed by atoms with Crippen molar-refractivity contribution in [1.29, 1.82) is 0 Å². The lowest BCUT2D eigenvalue weighted by Crippen LogP contribution is -2.35. The fourth-order valence-electron chi connectivity index (χ4n) is 2.92. The molecule has 0 fully saturated rings. The molecule has 3 rings (SSSR count). The zero-order valence-electron chi connectivity index (χ0n) is 13.3. The average molecular weight is 325 g/mol. The highest BCUT2D eigenvalue weighted by atomic mass is 16.2. The maximum atomic E-state index is 12.5. The van der Waals surface area contributed by atoms with E-state index < -0.39 is 0 Å². The van der Waals surface area contributed by atoms with E-state index in [4.69, 9.17) is 0 Å². The molecule has 2 aromatic rings. The molecule has 2 amide bonds. The Kier molecular flexibility index (Phi) is 4.69. The van der Waals surface area contributed by atoms with E-state index in [1.807, 2.05) is 6.07 Å². The number of benzene rings is 1. The van der Waals surface area contributed by atoms with Crippen LogP contribution in [0.4, 0.5) is 5.69 Å². The Hall–Kier alpha value is -2.96. The van der Waals surface area contributed by atoms with Gasteiger partial charge in [-0.25, -0.2) is 4.98 Å². The number of H-pyrrole nitrogens is 1. The van der Waals surface area contributed by atoms with E-state index in [1.54, 1.807) is 17.0 Å². The van der Waals surface area contributed by atoms with Crippen molar-refractivity contribution >= 4 is 17.5 Å². The zero-order chi connectivity index (χ0) is 16.9. The zero-order valence-corrected chi connectivity index (χ0v) is 13.3. The minimum Gasteiger partial charge on any atom is -0.352 e. The Morgan fingerprint density at radius 2 is 2.29 bits per heavy atom.